The number of hydrogen-bond donors (Lipinski definition) is 0. The van der Waals surface area contributed by atoms with Gasteiger partial charge < -0.3 is 0 Å². The van der Waals surface area contributed by atoms with Crippen LogP contribution in [0.4, 0.5) is 5.69 Å². The van der Waals surface area contributed by atoms with Crippen molar-refractivity contribution in [3.63, 3.8) is 0 Å². The smallest absolute Gasteiger partial charge is 0.211 e. The molecule has 0 N–H and O–H groups in total. The van der Waals surface area contributed by atoms with Crippen LogP contribution in [-0.2, 0) is 11.2 Å². The summed E-state index contributed by atoms with van der Waals surface area (Å²) in [5.74, 6) is 0. The Kier molecular flexibility index (Phi) is 11.3. The summed E-state index contributed by atoms with van der Waals surface area (Å²) < 4.78 is 0. The largest absolute Gasteiger partial charge is 0.240 e. The van der Waals surface area contributed by atoms with Crippen molar-refractivity contribution in [1.29, 1.82) is 0 Å². The Hall–Kier alpha value is -1.40. The SMILES string of the molecule is CCCCCCCCCCCCCc1ccccc1N=C=O. The van der Waals surface area contributed by atoms with E-state index in [2.05, 4.69) is 18.0 Å². The van der Waals surface area contributed by atoms with Gasteiger partial charge in [-0.25, -0.2) is 4.79 Å². The van der Waals surface area contributed by atoms with Crippen LogP contribution in [-0.4, -0.2) is 6.08 Å². The van der Waals surface area contributed by atoms with Gasteiger partial charge in [0, 0.05) is 0 Å². The Morgan fingerprint density at radius 2 is 1.36 bits per heavy atom. The van der Waals surface area contributed by atoms with Gasteiger partial charge in [0.15, 0.2) is 0 Å². The zero-order valence-electron chi connectivity index (χ0n) is 14.2. The highest BCUT2D eigenvalue weighted by Crippen LogP contribution is 2.20. The Labute approximate surface area is 136 Å². The quantitative estimate of drug-likeness (QED) is 0.232. The molecule has 122 valence electrons. The van der Waals surface area contributed by atoms with Crippen molar-refractivity contribution in [1.82, 2.24) is 0 Å². The first kappa shape index (κ1) is 18.6. The van der Waals surface area contributed by atoms with Crippen LogP contribution in [0.25, 0.3) is 0 Å². The number of nitrogens with zero attached hydrogens (tertiary/aromatic N) is 1. The molecule has 0 heterocycles. The first-order valence-corrected chi connectivity index (χ1v) is 9.04. The summed E-state index contributed by atoms with van der Waals surface area (Å²) >= 11 is 0. The number of benzene rings is 1. The molecule has 2 nitrogen and oxygen atoms in total. The van der Waals surface area contributed by atoms with Gasteiger partial charge in [-0.05, 0) is 24.5 Å². The molecule has 0 saturated heterocycles. The number of hydrogen-bond acceptors (Lipinski definition) is 2. The number of rotatable bonds is 13. The zero-order valence-corrected chi connectivity index (χ0v) is 14.2. The van der Waals surface area contributed by atoms with Gasteiger partial charge >= 0.3 is 0 Å². The molecule has 1 aromatic carbocycles. The summed E-state index contributed by atoms with van der Waals surface area (Å²) in [6, 6.07) is 7.88. The summed E-state index contributed by atoms with van der Waals surface area (Å²) in [7, 11) is 0. The third-order valence-electron chi connectivity index (χ3n) is 4.21. The topological polar surface area (TPSA) is 29.4 Å². The average Bonchev–Trinajstić information content (AvgIpc) is 2.54. The van der Waals surface area contributed by atoms with Gasteiger partial charge in [-0.1, -0.05) is 89.3 Å². The molecule has 0 aromatic heterocycles. The molecule has 0 amide bonds. The molecule has 0 radical (unpaired) electrons. The molecule has 0 saturated carbocycles. The van der Waals surface area contributed by atoms with E-state index in [1.54, 1.807) is 6.08 Å². The van der Waals surface area contributed by atoms with Crippen molar-refractivity contribution < 1.29 is 4.79 Å². The average molecular weight is 301 g/mol. The molecule has 0 bridgehead atoms. The molecular formula is C20H31NO. The fourth-order valence-corrected chi connectivity index (χ4v) is 2.86. The second-order valence-electron chi connectivity index (χ2n) is 6.12. The lowest BCUT2D eigenvalue weighted by atomic mass is 10.0. The van der Waals surface area contributed by atoms with Gasteiger partial charge in [-0.2, -0.15) is 4.99 Å². The summed E-state index contributed by atoms with van der Waals surface area (Å²) in [6.07, 6.45) is 17.6. The van der Waals surface area contributed by atoms with Crippen molar-refractivity contribution in [3.8, 4) is 0 Å². The molecule has 1 rings (SSSR count). The van der Waals surface area contributed by atoms with Gasteiger partial charge in [0.05, 0.1) is 5.69 Å². The fourth-order valence-electron chi connectivity index (χ4n) is 2.86. The van der Waals surface area contributed by atoms with Crippen LogP contribution in [0.3, 0.4) is 0 Å². The number of isocyanates is 1. The van der Waals surface area contributed by atoms with Crippen LogP contribution in [0, 0.1) is 0 Å². The van der Waals surface area contributed by atoms with Crippen LogP contribution in [0.15, 0.2) is 29.3 Å². The van der Waals surface area contributed by atoms with Crippen LogP contribution < -0.4 is 0 Å². The maximum atomic E-state index is 10.4. The highest BCUT2D eigenvalue weighted by atomic mass is 16.1. The number of aryl methyl sites for hydroxylation is 1. The van der Waals surface area contributed by atoms with Gasteiger partial charge in [-0.3, -0.25) is 0 Å². The van der Waals surface area contributed by atoms with E-state index in [1.165, 1.54) is 76.2 Å². The molecule has 22 heavy (non-hydrogen) atoms. The lowest BCUT2D eigenvalue weighted by Gasteiger charge is -2.05. The predicted octanol–water partition coefficient (Wildman–Crippen LogP) is 6.51. The number of unbranched alkanes of at least 4 members (excludes halogenated alkanes) is 10. The van der Waals surface area contributed by atoms with Gasteiger partial charge in [0.2, 0.25) is 6.08 Å². The van der Waals surface area contributed by atoms with E-state index in [0.717, 1.165) is 12.1 Å². The van der Waals surface area contributed by atoms with E-state index >= 15 is 0 Å². The first-order valence-electron chi connectivity index (χ1n) is 9.04. The Morgan fingerprint density at radius 3 is 1.95 bits per heavy atom. The molecule has 0 aliphatic heterocycles. The summed E-state index contributed by atoms with van der Waals surface area (Å²) in [5, 5.41) is 0. The van der Waals surface area contributed by atoms with Crippen molar-refractivity contribution in [2.24, 2.45) is 4.99 Å². The third kappa shape index (κ3) is 8.79. The predicted molar refractivity (Wildman–Crippen MR) is 94.4 cm³/mol. The van der Waals surface area contributed by atoms with Crippen molar-refractivity contribution >= 4 is 11.8 Å². The zero-order chi connectivity index (χ0) is 15.9. The van der Waals surface area contributed by atoms with E-state index in [9.17, 15) is 4.79 Å². The maximum Gasteiger partial charge on any atom is 0.240 e. The normalized spacial score (nSPS) is 10.4. The van der Waals surface area contributed by atoms with Gasteiger partial charge in [0.25, 0.3) is 0 Å². The van der Waals surface area contributed by atoms with E-state index in [4.69, 9.17) is 0 Å². The molecule has 0 aliphatic rings. The monoisotopic (exact) mass is 301 g/mol. The third-order valence-corrected chi connectivity index (χ3v) is 4.21. The molecule has 0 aliphatic carbocycles. The Morgan fingerprint density at radius 1 is 0.818 bits per heavy atom. The minimum atomic E-state index is 0.782. The molecule has 1 aromatic rings. The second kappa shape index (κ2) is 13.3. The van der Waals surface area contributed by atoms with Crippen molar-refractivity contribution in [2.45, 2.75) is 84.0 Å². The van der Waals surface area contributed by atoms with E-state index in [1.807, 2.05) is 18.2 Å². The summed E-state index contributed by atoms with van der Waals surface area (Å²) in [5.41, 5.74) is 1.95. The minimum absolute atomic E-state index is 0.782. The molecule has 0 unspecified atom stereocenters. The van der Waals surface area contributed by atoms with E-state index in [0.29, 0.717) is 0 Å². The number of aliphatic imine (C=N–C) groups is 1. The number of para-hydroxylation sites is 1. The molecular weight excluding hydrogens is 270 g/mol. The van der Waals surface area contributed by atoms with Gasteiger partial charge in [-0.15, -0.1) is 0 Å². The Balaban J connectivity index is 2.01. The first-order chi connectivity index (χ1) is 10.9. The minimum Gasteiger partial charge on any atom is -0.211 e. The van der Waals surface area contributed by atoms with Gasteiger partial charge in [0.1, 0.15) is 0 Å². The standard InChI is InChI=1S/C20H31NO/c1-2-3-4-5-6-7-8-9-10-11-12-15-19-16-13-14-17-20(19)21-18-22/h13-14,16-17H,2-12,15H2,1H3. The fraction of sp³-hybridized carbons (Fsp3) is 0.650. The van der Waals surface area contributed by atoms with Crippen LogP contribution in [0.5, 0.6) is 0 Å². The summed E-state index contributed by atoms with van der Waals surface area (Å²) in [6.45, 7) is 2.27. The van der Waals surface area contributed by atoms with E-state index < -0.39 is 0 Å². The lowest BCUT2D eigenvalue weighted by molar-refractivity contribution is 0.549. The maximum absolute atomic E-state index is 10.4. The highest BCUT2D eigenvalue weighted by Gasteiger charge is 2.00. The molecule has 0 spiro atoms. The van der Waals surface area contributed by atoms with Crippen LogP contribution in [0.2, 0.25) is 0 Å². The second-order valence-corrected chi connectivity index (χ2v) is 6.12. The summed E-state index contributed by atoms with van der Waals surface area (Å²) in [4.78, 5) is 14.2. The van der Waals surface area contributed by atoms with E-state index in [-0.39, 0.29) is 0 Å². The molecule has 2 heteroatoms. The highest BCUT2D eigenvalue weighted by molar-refractivity contribution is 5.53. The number of carbonyl (C=O) groups excluding carboxylic acids is 1. The van der Waals surface area contributed by atoms with Crippen LogP contribution >= 0.6 is 0 Å². The van der Waals surface area contributed by atoms with Crippen molar-refractivity contribution in [2.75, 3.05) is 0 Å². The molecule has 0 atom stereocenters. The van der Waals surface area contributed by atoms with Crippen LogP contribution in [0.1, 0.15) is 83.1 Å². The van der Waals surface area contributed by atoms with Crippen molar-refractivity contribution in [3.05, 3.63) is 29.8 Å². The molecule has 0 fully saturated rings. The lowest BCUT2D eigenvalue weighted by Crippen LogP contribution is -1.87. The Bertz CT molecular complexity index is 435.